The molecular formula is C14H19FN2O2. The van der Waals surface area contributed by atoms with Crippen molar-refractivity contribution >= 4 is 11.6 Å². The van der Waals surface area contributed by atoms with E-state index in [-0.39, 0.29) is 24.4 Å². The number of piperidine rings is 1. The fourth-order valence-corrected chi connectivity index (χ4v) is 2.08. The standard InChI is InChI=1S/C14H19FN2O2/c1-10-8-11(2-3-13(10)15)17-14(18)9-19-12-4-6-16-7-5-12/h2-3,8,12,16H,4-7,9H2,1H3,(H,17,18). The minimum Gasteiger partial charge on any atom is -0.368 e. The van der Waals surface area contributed by atoms with Crippen LogP contribution in [-0.4, -0.2) is 31.7 Å². The van der Waals surface area contributed by atoms with E-state index in [0.29, 0.717) is 11.3 Å². The number of ether oxygens (including phenoxy) is 1. The topological polar surface area (TPSA) is 50.4 Å². The van der Waals surface area contributed by atoms with Crippen molar-refractivity contribution in [1.29, 1.82) is 0 Å². The average Bonchev–Trinajstić information content (AvgIpc) is 2.42. The highest BCUT2D eigenvalue weighted by molar-refractivity contribution is 5.91. The Hall–Kier alpha value is -1.46. The van der Waals surface area contributed by atoms with E-state index in [9.17, 15) is 9.18 Å². The molecule has 104 valence electrons. The SMILES string of the molecule is Cc1cc(NC(=O)COC2CCNCC2)ccc1F. The Labute approximate surface area is 112 Å². The van der Waals surface area contributed by atoms with Gasteiger partial charge in [0.1, 0.15) is 12.4 Å². The molecule has 0 atom stereocenters. The number of hydrogen-bond donors (Lipinski definition) is 2. The number of amides is 1. The second kappa shape index (κ2) is 6.63. The molecule has 1 aromatic carbocycles. The summed E-state index contributed by atoms with van der Waals surface area (Å²) < 4.78 is 18.6. The van der Waals surface area contributed by atoms with Gasteiger partial charge in [0, 0.05) is 5.69 Å². The van der Waals surface area contributed by atoms with E-state index in [0.717, 1.165) is 25.9 Å². The molecule has 1 fully saturated rings. The van der Waals surface area contributed by atoms with Gasteiger partial charge in [-0.1, -0.05) is 0 Å². The summed E-state index contributed by atoms with van der Waals surface area (Å²) in [5.74, 6) is -0.478. The predicted molar refractivity (Wildman–Crippen MR) is 71.6 cm³/mol. The van der Waals surface area contributed by atoms with Gasteiger partial charge in [0.15, 0.2) is 0 Å². The molecule has 1 aliphatic heterocycles. The number of benzene rings is 1. The Bertz CT molecular complexity index is 445. The number of anilines is 1. The van der Waals surface area contributed by atoms with Gasteiger partial charge in [-0.3, -0.25) is 4.79 Å². The van der Waals surface area contributed by atoms with Gasteiger partial charge in [-0.05, 0) is 56.6 Å². The van der Waals surface area contributed by atoms with Gasteiger partial charge in [0.25, 0.3) is 0 Å². The Morgan fingerprint density at radius 2 is 2.21 bits per heavy atom. The Kier molecular flexibility index (Phi) is 4.87. The molecule has 1 aliphatic rings. The predicted octanol–water partition coefficient (Wildman–Crippen LogP) is 1.84. The number of rotatable bonds is 4. The zero-order chi connectivity index (χ0) is 13.7. The van der Waals surface area contributed by atoms with Crippen molar-refractivity contribution in [2.75, 3.05) is 25.0 Å². The van der Waals surface area contributed by atoms with Crippen molar-refractivity contribution in [1.82, 2.24) is 5.32 Å². The molecule has 2 N–H and O–H groups in total. The molecule has 0 aliphatic carbocycles. The Morgan fingerprint density at radius 1 is 1.47 bits per heavy atom. The van der Waals surface area contributed by atoms with E-state index in [2.05, 4.69) is 10.6 Å². The van der Waals surface area contributed by atoms with E-state index < -0.39 is 0 Å². The van der Waals surface area contributed by atoms with Crippen molar-refractivity contribution in [3.8, 4) is 0 Å². The van der Waals surface area contributed by atoms with E-state index in [1.165, 1.54) is 6.07 Å². The molecule has 4 nitrogen and oxygen atoms in total. The lowest BCUT2D eigenvalue weighted by Gasteiger charge is -2.22. The van der Waals surface area contributed by atoms with Gasteiger partial charge < -0.3 is 15.4 Å². The fraction of sp³-hybridized carbons (Fsp3) is 0.500. The maximum Gasteiger partial charge on any atom is 0.250 e. The maximum atomic E-state index is 13.1. The van der Waals surface area contributed by atoms with Crippen LogP contribution in [0.4, 0.5) is 10.1 Å². The lowest BCUT2D eigenvalue weighted by atomic mass is 10.1. The second-order valence-corrected chi connectivity index (χ2v) is 4.77. The smallest absolute Gasteiger partial charge is 0.250 e. The molecule has 0 radical (unpaired) electrons. The van der Waals surface area contributed by atoms with Gasteiger partial charge in [0.05, 0.1) is 6.10 Å². The number of carbonyl (C=O) groups is 1. The summed E-state index contributed by atoms with van der Waals surface area (Å²) in [6.07, 6.45) is 2.02. The van der Waals surface area contributed by atoms with E-state index in [1.54, 1.807) is 19.1 Å². The first-order valence-corrected chi connectivity index (χ1v) is 6.53. The number of hydrogen-bond acceptors (Lipinski definition) is 3. The number of nitrogens with one attached hydrogen (secondary N) is 2. The summed E-state index contributed by atoms with van der Waals surface area (Å²) >= 11 is 0. The molecule has 2 rings (SSSR count). The van der Waals surface area contributed by atoms with Crippen LogP contribution in [0, 0.1) is 12.7 Å². The van der Waals surface area contributed by atoms with Crippen LogP contribution >= 0.6 is 0 Å². The Morgan fingerprint density at radius 3 is 2.89 bits per heavy atom. The summed E-state index contributed by atoms with van der Waals surface area (Å²) in [5.41, 5.74) is 1.11. The Balaban J connectivity index is 1.78. The molecule has 0 unspecified atom stereocenters. The molecule has 0 saturated carbocycles. The highest BCUT2D eigenvalue weighted by Gasteiger charge is 2.14. The van der Waals surface area contributed by atoms with Gasteiger partial charge in [-0.15, -0.1) is 0 Å². The zero-order valence-corrected chi connectivity index (χ0v) is 11.0. The molecule has 1 heterocycles. The molecular weight excluding hydrogens is 247 g/mol. The monoisotopic (exact) mass is 266 g/mol. The number of halogens is 1. The fourth-order valence-electron chi connectivity index (χ4n) is 2.08. The van der Waals surface area contributed by atoms with Crippen LogP contribution in [0.2, 0.25) is 0 Å². The number of aryl methyl sites for hydroxylation is 1. The summed E-state index contributed by atoms with van der Waals surface area (Å²) in [6.45, 7) is 3.57. The lowest BCUT2D eigenvalue weighted by molar-refractivity contribution is -0.123. The second-order valence-electron chi connectivity index (χ2n) is 4.77. The molecule has 0 aromatic heterocycles. The van der Waals surface area contributed by atoms with Gasteiger partial charge in [-0.25, -0.2) is 4.39 Å². The average molecular weight is 266 g/mol. The van der Waals surface area contributed by atoms with Crippen LogP contribution in [0.15, 0.2) is 18.2 Å². The van der Waals surface area contributed by atoms with Crippen LogP contribution in [0.3, 0.4) is 0 Å². The van der Waals surface area contributed by atoms with Crippen molar-refractivity contribution in [2.24, 2.45) is 0 Å². The first kappa shape index (κ1) is 14.0. The molecule has 0 spiro atoms. The minimum absolute atomic E-state index is 0.0427. The summed E-state index contributed by atoms with van der Waals surface area (Å²) in [5, 5.41) is 5.94. The first-order chi connectivity index (χ1) is 9.15. The van der Waals surface area contributed by atoms with E-state index in [1.807, 2.05) is 0 Å². The van der Waals surface area contributed by atoms with Crippen LogP contribution in [-0.2, 0) is 9.53 Å². The normalized spacial score (nSPS) is 16.3. The zero-order valence-electron chi connectivity index (χ0n) is 11.0. The third kappa shape index (κ3) is 4.29. The summed E-state index contributed by atoms with van der Waals surface area (Å²) in [4.78, 5) is 11.7. The van der Waals surface area contributed by atoms with Crippen LogP contribution in [0.5, 0.6) is 0 Å². The summed E-state index contributed by atoms with van der Waals surface area (Å²) in [6, 6.07) is 4.50. The van der Waals surface area contributed by atoms with Crippen molar-refractivity contribution in [3.05, 3.63) is 29.6 Å². The summed E-state index contributed by atoms with van der Waals surface area (Å²) in [7, 11) is 0. The van der Waals surface area contributed by atoms with Gasteiger partial charge in [-0.2, -0.15) is 0 Å². The molecule has 1 aromatic rings. The van der Waals surface area contributed by atoms with Crippen LogP contribution in [0.25, 0.3) is 0 Å². The molecule has 1 saturated heterocycles. The molecule has 19 heavy (non-hydrogen) atoms. The van der Waals surface area contributed by atoms with E-state index in [4.69, 9.17) is 4.74 Å². The third-order valence-electron chi connectivity index (χ3n) is 3.18. The first-order valence-electron chi connectivity index (χ1n) is 6.53. The minimum atomic E-state index is -0.274. The highest BCUT2D eigenvalue weighted by Crippen LogP contribution is 2.14. The van der Waals surface area contributed by atoms with Gasteiger partial charge >= 0.3 is 0 Å². The third-order valence-corrected chi connectivity index (χ3v) is 3.18. The van der Waals surface area contributed by atoms with Gasteiger partial charge in [0.2, 0.25) is 5.91 Å². The number of carbonyl (C=O) groups excluding carboxylic acids is 1. The van der Waals surface area contributed by atoms with Crippen LogP contribution in [0.1, 0.15) is 18.4 Å². The quantitative estimate of drug-likeness (QED) is 0.874. The van der Waals surface area contributed by atoms with E-state index >= 15 is 0 Å². The van der Waals surface area contributed by atoms with Crippen LogP contribution < -0.4 is 10.6 Å². The molecule has 1 amide bonds. The largest absolute Gasteiger partial charge is 0.368 e. The highest BCUT2D eigenvalue weighted by atomic mass is 19.1. The lowest BCUT2D eigenvalue weighted by Crippen LogP contribution is -2.34. The maximum absolute atomic E-state index is 13.1. The molecule has 0 bridgehead atoms. The molecule has 5 heteroatoms. The van der Waals surface area contributed by atoms with Crippen molar-refractivity contribution in [3.63, 3.8) is 0 Å². The van der Waals surface area contributed by atoms with Crippen molar-refractivity contribution < 1.29 is 13.9 Å². The van der Waals surface area contributed by atoms with Crippen molar-refractivity contribution in [2.45, 2.75) is 25.9 Å².